The summed E-state index contributed by atoms with van der Waals surface area (Å²) in [6, 6.07) is 7.69. The van der Waals surface area contributed by atoms with Gasteiger partial charge in [0, 0.05) is 17.0 Å². The zero-order valence-electron chi connectivity index (χ0n) is 13.5. The molecule has 2 aromatic rings. The van der Waals surface area contributed by atoms with Crippen molar-refractivity contribution < 1.29 is 10.2 Å². The standard InChI is InChI=1S/C19H24O2/c1-6-15(16-7-11(2)13(4)9-18(16)20)17-8-12(3)14(5)10-19(17)21/h7-10,15,20-21H,6H2,1-5H3. The van der Waals surface area contributed by atoms with E-state index in [1.807, 2.05) is 52.0 Å². The summed E-state index contributed by atoms with van der Waals surface area (Å²) in [5.74, 6) is 0.619. The lowest BCUT2D eigenvalue weighted by Crippen LogP contribution is -2.03. The molecule has 0 spiro atoms. The topological polar surface area (TPSA) is 40.5 Å². The Balaban J connectivity index is 2.60. The summed E-state index contributed by atoms with van der Waals surface area (Å²) in [6.07, 6.45) is 0.826. The molecule has 2 rings (SSSR count). The van der Waals surface area contributed by atoms with Gasteiger partial charge in [-0.2, -0.15) is 0 Å². The fourth-order valence-corrected chi connectivity index (χ4v) is 2.81. The molecule has 0 fully saturated rings. The fourth-order valence-electron chi connectivity index (χ4n) is 2.81. The van der Waals surface area contributed by atoms with Crippen molar-refractivity contribution in [1.82, 2.24) is 0 Å². The van der Waals surface area contributed by atoms with Gasteiger partial charge in [0.05, 0.1) is 0 Å². The first-order valence-corrected chi connectivity index (χ1v) is 7.45. The van der Waals surface area contributed by atoms with Crippen molar-refractivity contribution in [3.8, 4) is 11.5 Å². The van der Waals surface area contributed by atoms with E-state index in [4.69, 9.17) is 0 Å². The molecule has 0 radical (unpaired) electrons. The van der Waals surface area contributed by atoms with Gasteiger partial charge in [-0.1, -0.05) is 19.1 Å². The summed E-state index contributed by atoms with van der Waals surface area (Å²) >= 11 is 0. The molecular formula is C19H24O2. The number of benzene rings is 2. The summed E-state index contributed by atoms with van der Waals surface area (Å²) in [6.45, 7) is 10.2. The first-order valence-electron chi connectivity index (χ1n) is 7.45. The Morgan fingerprint density at radius 3 is 1.38 bits per heavy atom. The maximum atomic E-state index is 10.3. The number of phenols is 2. The minimum atomic E-state index is 0.00333. The molecule has 2 heteroatoms. The lowest BCUT2D eigenvalue weighted by atomic mass is 9.85. The van der Waals surface area contributed by atoms with Gasteiger partial charge in [0.15, 0.2) is 0 Å². The Labute approximate surface area is 127 Å². The van der Waals surface area contributed by atoms with Gasteiger partial charge in [0.1, 0.15) is 11.5 Å². The number of hydrogen-bond donors (Lipinski definition) is 2. The molecule has 0 aliphatic heterocycles. The van der Waals surface area contributed by atoms with Crippen molar-refractivity contribution >= 4 is 0 Å². The predicted octanol–water partition coefficient (Wildman–Crippen LogP) is 4.87. The summed E-state index contributed by atoms with van der Waals surface area (Å²) in [7, 11) is 0. The van der Waals surface area contributed by atoms with Crippen LogP contribution in [0.2, 0.25) is 0 Å². The predicted molar refractivity (Wildman–Crippen MR) is 87.3 cm³/mol. The maximum Gasteiger partial charge on any atom is 0.119 e. The fraction of sp³-hybridized carbons (Fsp3) is 0.368. The molecular weight excluding hydrogens is 260 g/mol. The molecule has 21 heavy (non-hydrogen) atoms. The van der Waals surface area contributed by atoms with Gasteiger partial charge < -0.3 is 10.2 Å². The lowest BCUT2D eigenvalue weighted by Gasteiger charge is -2.21. The van der Waals surface area contributed by atoms with Crippen molar-refractivity contribution in [2.75, 3.05) is 0 Å². The molecule has 0 aliphatic rings. The van der Waals surface area contributed by atoms with Gasteiger partial charge in [-0.15, -0.1) is 0 Å². The van der Waals surface area contributed by atoms with Crippen LogP contribution in [0.3, 0.4) is 0 Å². The van der Waals surface area contributed by atoms with E-state index in [0.29, 0.717) is 11.5 Å². The van der Waals surface area contributed by atoms with Crippen LogP contribution in [0, 0.1) is 27.7 Å². The van der Waals surface area contributed by atoms with Crippen LogP contribution >= 0.6 is 0 Å². The summed E-state index contributed by atoms with van der Waals surface area (Å²) in [5.41, 5.74) is 6.25. The van der Waals surface area contributed by atoms with Gasteiger partial charge in [-0.05, 0) is 68.5 Å². The van der Waals surface area contributed by atoms with Crippen molar-refractivity contribution in [2.45, 2.75) is 47.0 Å². The second kappa shape index (κ2) is 5.80. The van der Waals surface area contributed by atoms with Crippen molar-refractivity contribution in [3.05, 3.63) is 57.6 Å². The van der Waals surface area contributed by atoms with E-state index in [2.05, 4.69) is 6.92 Å². The molecule has 0 bridgehead atoms. The molecule has 0 saturated heterocycles. The Bertz CT molecular complexity index is 614. The van der Waals surface area contributed by atoms with Gasteiger partial charge in [0.25, 0.3) is 0 Å². The third-order valence-corrected chi connectivity index (χ3v) is 4.45. The first kappa shape index (κ1) is 15.4. The molecule has 0 heterocycles. The van der Waals surface area contributed by atoms with Gasteiger partial charge in [0.2, 0.25) is 0 Å². The molecule has 2 aromatic carbocycles. The zero-order chi connectivity index (χ0) is 15.7. The highest BCUT2D eigenvalue weighted by Crippen LogP contribution is 2.39. The van der Waals surface area contributed by atoms with Crippen LogP contribution in [-0.4, -0.2) is 10.2 Å². The van der Waals surface area contributed by atoms with Crippen LogP contribution in [0.5, 0.6) is 11.5 Å². The van der Waals surface area contributed by atoms with E-state index in [9.17, 15) is 10.2 Å². The van der Waals surface area contributed by atoms with Crippen molar-refractivity contribution in [1.29, 1.82) is 0 Å². The summed E-state index contributed by atoms with van der Waals surface area (Å²) < 4.78 is 0. The van der Waals surface area contributed by atoms with Crippen LogP contribution in [0.25, 0.3) is 0 Å². The van der Waals surface area contributed by atoms with Crippen LogP contribution in [0.15, 0.2) is 24.3 Å². The molecule has 0 amide bonds. The number of aromatic hydroxyl groups is 2. The third-order valence-electron chi connectivity index (χ3n) is 4.45. The number of rotatable bonds is 3. The molecule has 2 N–H and O–H groups in total. The first-order chi connectivity index (χ1) is 9.85. The lowest BCUT2D eigenvalue weighted by molar-refractivity contribution is 0.452. The number of phenolic OH excluding ortho intramolecular Hbond substituents is 2. The highest BCUT2D eigenvalue weighted by atomic mass is 16.3. The number of aryl methyl sites for hydroxylation is 4. The van der Waals surface area contributed by atoms with E-state index >= 15 is 0 Å². The summed E-state index contributed by atoms with van der Waals surface area (Å²) in [5, 5.41) is 20.6. The largest absolute Gasteiger partial charge is 0.508 e. The van der Waals surface area contributed by atoms with Crippen LogP contribution in [-0.2, 0) is 0 Å². The Morgan fingerprint density at radius 2 is 1.05 bits per heavy atom. The average Bonchev–Trinajstić information content (AvgIpc) is 2.42. The van der Waals surface area contributed by atoms with Gasteiger partial charge in [-0.25, -0.2) is 0 Å². The highest BCUT2D eigenvalue weighted by molar-refractivity contribution is 5.51. The van der Waals surface area contributed by atoms with E-state index < -0.39 is 0 Å². The molecule has 2 nitrogen and oxygen atoms in total. The molecule has 0 unspecified atom stereocenters. The SMILES string of the molecule is CCC(c1cc(C)c(C)cc1O)c1cc(C)c(C)cc1O. The quantitative estimate of drug-likeness (QED) is 0.844. The average molecular weight is 284 g/mol. The van der Waals surface area contributed by atoms with Crippen LogP contribution in [0.1, 0.15) is 52.6 Å². The van der Waals surface area contributed by atoms with Crippen molar-refractivity contribution in [2.24, 2.45) is 0 Å². The summed E-state index contributed by atoms with van der Waals surface area (Å²) in [4.78, 5) is 0. The number of hydrogen-bond acceptors (Lipinski definition) is 2. The Kier molecular flexibility index (Phi) is 4.26. The van der Waals surface area contributed by atoms with Crippen LogP contribution < -0.4 is 0 Å². The monoisotopic (exact) mass is 284 g/mol. The molecule has 0 aliphatic carbocycles. The van der Waals surface area contributed by atoms with Crippen molar-refractivity contribution in [3.63, 3.8) is 0 Å². The third kappa shape index (κ3) is 2.90. The molecule has 0 saturated carbocycles. The second-order valence-corrected chi connectivity index (χ2v) is 5.95. The van der Waals surface area contributed by atoms with E-state index in [1.165, 1.54) is 0 Å². The Morgan fingerprint density at radius 1 is 0.714 bits per heavy atom. The van der Waals surface area contributed by atoms with Gasteiger partial charge in [-0.3, -0.25) is 0 Å². The van der Waals surface area contributed by atoms with Gasteiger partial charge >= 0.3 is 0 Å². The van der Waals surface area contributed by atoms with E-state index in [-0.39, 0.29) is 5.92 Å². The second-order valence-electron chi connectivity index (χ2n) is 5.95. The highest BCUT2D eigenvalue weighted by Gasteiger charge is 2.20. The normalized spacial score (nSPS) is 11.1. The minimum Gasteiger partial charge on any atom is -0.508 e. The molecule has 0 aromatic heterocycles. The van der Waals surface area contributed by atoms with E-state index in [0.717, 1.165) is 39.8 Å². The maximum absolute atomic E-state index is 10.3. The van der Waals surface area contributed by atoms with E-state index in [1.54, 1.807) is 0 Å². The molecule has 0 atom stereocenters. The van der Waals surface area contributed by atoms with Crippen LogP contribution in [0.4, 0.5) is 0 Å². The molecule has 112 valence electrons. The minimum absolute atomic E-state index is 0.00333. The zero-order valence-corrected chi connectivity index (χ0v) is 13.5. The smallest absolute Gasteiger partial charge is 0.119 e. The Hall–Kier alpha value is -1.96.